The molecular formula is C17H31NO5. The molecule has 0 saturated heterocycles. The Labute approximate surface area is 139 Å². The summed E-state index contributed by atoms with van der Waals surface area (Å²) in [4.78, 5) is 21.2. The van der Waals surface area contributed by atoms with Gasteiger partial charge in [-0.05, 0) is 12.8 Å². The number of aliphatic carboxylic acids is 2. The molecule has 1 atom stereocenters. The highest BCUT2D eigenvalue weighted by molar-refractivity contribution is 5.66. The fraction of sp³-hybridized carbons (Fsp3) is 0.765. The summed E-state index contributed by atoms with van der Waals surface area (Å²) in [6, 6.07) is 0. The molecular weight excluding hydrogens is 298 g/mol. The highest BCUT2D eigenvalue weighted by Gasteiger charge is 2.25. The smallest absolute Gasteiger partial charge is 0.303 e. The number of carbonyl (C=O) groups excluding carboxylic acids is 1. The van der Waals surface area contributed by atoms with Crippen LogP contribution in [0, 0.1) is 0 Å². The number of carboxylic acid groups (broad SMARTS) is 2. The number of quaternary nitrogens is 1. The number of aliphatic hydroxyl groups is 1. The summed E-state index contributed by atoms with van der Waals surface area (Å²) in [5, 5.41) is 29.1. The van der Waals surface area contributed by atoms with Gasteiger partial charge in [-0.25, -0.2) is 0 Å². The minimum atomic E-state index is -1.09. The summed E-state index contributed by atoms with van der Waals surface area (Å²) in [6.07, 6.45) is 9.29. The van der Waals surface area contributed by atoms with E-state index in [-0.39, 0.29) is 19.6 Å². The predicted octanol–water partition coefficient (Wildman–Crippen LogP) is 1.28. The first kappa shape index (κ1) is 21.6. The number of rotatable bonds is 15. The van der Waals surface area contributed by atoms with Crippen LogP contribution in [0.2, 0.25) is 0 Å². The third-order valence-electron chi connectivity index (χ3n) is 4.00. The van der Waals surface area contributed by atoms with E-state index in [9.17, 15) is 19.8 Å². The van der Waals surface area contributed by atoms with Crippen molar-refractivity contribution in [2.24, 2.45) is 0 Å². The standard InChI is InChI=1S/C17H31NO5/c1-2-3-4-5-6-7-12-18(15-19,13-8-10-16(20)21)14-9-11-17(22)23/h5-6,19H,2-4,7-15H2,1H3,(H-,20,21,22,23)/b6-5+. The maximum Gasteiger partial charge on any atom is 0.303 e. The molecule has 6 heteroatoms. The number of aliphatic hydroxyl groups excluding tert-OH is 1. The molecule has 0 radical (unpaired) electrons. The van der Waals surface area contributed by atoms with Gasteiger partial charge in [-0.1, -0.05) is 31.9 Å². The lowest BCUT2D eigenvalue weighted by atomic mass is 10.1. The van der Waals surface area contributed by atoms with E-state index in [0.29, 0.717) is 37.0 Å². The van der Waals surface area contributed by atoms with E-state index in [1.165, 1.54) is 0 Å². The molecule has 6 nitrogen and oxygen atoms in total. The molecule has 0 aromatic carbocycles. The first-order valence-electron chi connectivity index (χ1n) is 8.48. The average molecular weight is 329 g/mol. The molecule has 0 heterocycles. The molecule has 0 aromatic rings. The molecule has 0 saturated carbocycles. The van der Waals surface area contributed by atoms with Crippen molar-refractivity contribution in [3.63, 3.8) is 0 Å². The van der Waals surface area contributed by atoms with Gasteiger partial charge in [-0.15, -0.1) is 0 Å². The lowest BCUT2D eigenvalue weighted by molar-refractivity contribution is -0.945. The molecule has 0 aliphatic heterocycles. The number of carbonyl (C=O) groups is 2. The third kappa shape index (κ3) is 11.8. The minimum Gasteiger partial charge on any atom is -0.550 e. The van der Waals surface area contributed by atoms with Crippen LogP contribution in [0.5, 0.6) is 0 Å². The third-order valence-corrected chi connectivity index (χ3v) is 4.00. The van der Waals surface area contributed by atoms with E-state index in [1.807, 2.05) is 0 Å². The first-order chi connectivity index (χ1) is 11.0. The molecule has 0 aromatic heterocycles. The summed E-state index contributed by atoms with van der Waals surface area (Å²) in [7, 11) is 0. The van der Waals surface area contributed by atoms with Gasteiger partial charge in [0.2, 0.25) is 0 Å². The summed E-state index contributed by atoms with van der Waals surface area (Å²) < 4.78 is 0.346. The normalized spacial score (nSPS) is 14.0. The number of hydrogen-bond acceptors (Lipinski definition) is 4. The van der Waals surface area contributed by atoms with Gasteiger partial charge in [0.25, 0.3) is 0 Å². The summed E-state index contributed by atoms with van der Waals surface area (Å²) >= 11 is 0. The lowest BCUT2D eigenvalue weighted by Crippen LogP contribution is -2.51. The summed E-state index contributed by atoms with van der Waals surface area (Å²) in [6.45, 7) is 3.79. The maximum atomic E-state index is 10.7. The Kier molecular flexibility index (Phi) is 12.3. The van der Waals surface area contributed by atoms with Crippen LogP contribution in [0.4, 0.5) is 0 Å². The van der Waals surface area contributed by atoms with Crippen molar-refractivity contribution in [3.05, 3.63) is 12.2 Å². The molecule has 0 rings (SSSR count). The number of unbranched alkanes of at least 4 members (excludes halogenated alkanes) is 2. The largest absolute Gasteiger partial charge is 0.550 e. The van der Waals surface area contributed by atoms with E-state index in [0.717, 1.165) is 25.7 Å². The van der Waals surface area contributed by atoms with Gasteiger partial charge < -0.3 is 24.6 Å². The number of allylic oxidation sites excluding steroid dienone is 1. The second-order valence-corrected chi connectivity index (χ2v) is 6.03. The molecule has 134 valence electrons. The van der Waals surface area contributed by atoms with Crippen molar-refractivity contribution in [2.75, 3.05) is 26.4 Å². The van der Waals surface area contributed by atoms with E-state index in [2.05, 4.69) is 19.1 Å². The van der Waals surface area contributed by atoms with Gasteiger partial charge >= 0.3 is 5.97 Å². The molecule has 0 aliphatic carbocycles. The van der Waals surface area contributed by atoms with Crippen molar-refractivity contribution in [1.82, 2.24) is 0 Å². The number of nitrogens with zero attached hydrogens (tertiary/aromatic N) is 1. The van der Waals surface area contributed by atoms with Crippen LogP contribution in [-0.4, -0.2) is 53.0 Å². The molecule has 1 unspecified atom stereocenters. The topological polar surface area (TPSA) is 97.7 Å². The fourth-order valence-electron chi connectivity index (χ4n) is 2.58. The van der Waals surface area contributed by atoms with Crippen LogP contribution in [0.15, 0.2) is 12.2 Å². The van der Waals surface area contributed by atoms with Crippen LogP contribution in [0.25, 0.3) is 0 Å². The zero-order valence-electron chi connectivity index (χ0n) is 14.2. The average Bonchev–Trinajstić information content (AvgIpc) is 2.49. The molecule has 0 fully saturated rings. The summed E-state index contributed by atoms with van der Waals surface area (Å²) in [5.74, 6) is -1.94. The Hall–Kier alpha value is -1.40. The zero-order valence-corrected chi connectivity index (χ0v) is 14.2. The van der Waals surface area contributed by atoms with Crippen molar-refractivity contribution in [2.45, 2.75) is 58.3 Å². The monoisotopic (exact) mass is 329 g/mol. The fourth-order valence-corrected chi connectivity index (χ4v) is 2.58. The molecule has 23 heavy (non-hydrogen) atoms. The van der Waals surface area contributed by atoms with Crippen LogP contribution in [0.1, 0.15) is 58.3 Å². The molecule has 0 amide bonds. The SMILES string of the molecule is CCCC/C=C/CC[N+](CO)(CCCC(=O)[O-])CCCC(=O)O. The van der Waals surface area contributed by atoms with Gasteiger partial charge in [-0.2, -0.15) is 0 Å². The Morgan fingerprint density at radius 3 is 2.13 bits per heavy atom. The van der Waals surface area contributed by atoms with Crippen molar-refractivity contribution < 1.29 is 29.4 Å². The maximum absolute atomic E-state index is 10.7. The van der Waals surface area contributed by atoms with E-state index in [1.54, 1.807) is 0 Å². The molecule has 2 N–H and O–H groups in total. The lowest BCUT2D eigenvalue weighted by Gasteiger charge is -2.36. The summed E-state index contributed by atoms with van der Waals surface area (Å²) in [5.41, 5.74) is 0. The zero-order chi connectivity index (χ0) is 17.6. The van der Waals surface area contributed by atoms with Crippen LogP contribution < -0.4 is 5.11 Å². The van der Waals surface area contributed by atoms with E-state index < -0.39 is 11.9 Å². The predicted molar refractivity (Wildman–Crippen MR) is 86.3 cm³/mol. The molecule has 0 spiro atoms. The number of hydrogen-bond donors (Lipinski definition) is 2. The van der Waals surface area contributed by atoms with E-state index >= 15 is 0 Å². The Morgan fingerprint density at radius 2 is 1.61 bits per heavy atom. The number of carboxylic acids is 2. The van der Waals surface area contributed by atoms with Gasteiger partial charge in [0.1, 0.15) is 0 Å². The second-order valence-electron chi connectivity index (χ2n) is 6.03. The highest BCUT2D eigenvalue weighted by atomic mass is 16.4. The van der Waals surface area contributed by atoms with Crippen molar-refractivity contribution >= 4 is 11.9 Å². The van der Waals surface area contributed by atoms with Crippen LogP contribution >= 0.6 is 0 Å². The Bertz CT molecular complexity index is 348. The van der Waals surface area contributed by atoms with Gasteiger partial charge in [0, 0.05) is 25.2 Å². The van der Waals surface area contributed by atoms with Crippen molar-refractivity contribution in [3.8, 4) is 0 Å². The minimum absolute atomic E-state index is 0.0364. The molecule has 0 bridgehead atoms. The Balaban J connectivity index is 4.49. The highest BCUT2D eigenvalue weighted by Crippen LogP contribution is 2.13. The van der Waals surface area contributed by atoms with E-state index in [4.69, 9.17) is 5.11 Å². The van der Waals surface area contributed by atoms with Gasteiger partial charge in [-0.3, -0.25) is 4.79 Å². The van der Waals surface area contributed by atoms with Crippen LogP contribution in [0.3, 0.4) is 0 Å². The molecule has 0 aliphatic rings. The van der Waals surface area contributed by atoms with Gasteiger partial charge in [0.05, 0.1) is 26.1 Å². The van der Waals surface area contributed by atoms with Crippen molar-refractivity contribution in [1.29, 1.82) is 0 Å². The quantitative estimate of drug-likeness (QED) is 0.204. The Morgan fingerprint density at radius 1 is 1.00 bits per heavy atom. The van der Waals surface area contributed by atoms with Crippen LogP contribution in [-0.2, 0) is 9.59 Å². The first-order valence-corrected chi connectivity index (χ1v) is 8.48. The second kappa shape index (κ2) is 13.1. The van der Waals surface area contributed by atoms with Gasteiger partial charge in [0.15, 0.2) is 6.73 Å².